The maximum atomic E-state index is 11.8. The summed E-state index contributed by atoms with van der Waals surface area (Å²) in [5, 5.41) is 0. The van der Waals surface area contributed by atoms with Crippen molar-refractivity contribution in [1.82, 2.24) is 19.5 Å². The van der Waals surface area contributed by atoms with Crippen molar-refractivity contribution in [1.29, 1.82) is 0 Å². The van der Waals surface area contributed by atoms with Crippen LogP contribution in [0.5, 0.6) is 0 Å². The van der Waals surface area contributed by atoms with Gasteiger partial charge in [-0.15, -0.1) is 0 Å². The number of nitrogens with two attached hydrogens (primary N) is 1. The van der Waals surface area contributed by atoms with E-state index < -0.39 is 0 Å². The van der Waals surface area contributed by atoms with Crippen molar-refractivity contribution in [2.75, 3.05) is 5.73 Å². The molecule has 0 aromatic carbocycles. The van der Waals surface area contributed by atoms with E-state index in [4.69, 9.17) is 5.73 Å². The molecule has 0 unspecified atom stereocenters. The summed E-state index contributed by atoms with van der Waals surface area (Å²) in [6.07, 6.45) is 5.95. The van der Waals surface area contributed by atoms with Crippen LogP contribution in [0.1, 0.15) is 16.2 Å². The van der Waals surface area contributed by atoms with E-state index in [1.54, 1.807) is 6.92 Å². The monoisotopic (exact) mass is 203 g/mol. The van der Waals surface area contributed by atoms with Crippen molar-refractivity contribution in [2.24, 2.45) is 0 Å². The van der Waals surface area contributed by atoms with Crippen LogP contribution in [0, 0.1) is 6.92 Å². The molecule has 6 nitrogen and oxygen atoms in total. The standard InChI is InChI=1S/C9H9N5O/c1-6-4-12-8(10)7(13-6)9(15)14-3-2-11-5-14/h2-5H,1H3,(H2,10,12). The minimum Gasteiger partial charge on any atom is -0.382 e. The first-order valence-corrected chi connectivity index (χ1v) is 4.30. The molecule has 0 aliphatic rings. The van der Waals surface area contributed by atoms with Crippen molar-refractivity contribution in [3.05, 3.63) is 36.3 Å². The van der Waals surface area contributed by atoms with E-state index in [2.05, 4.69) is 15.0 Å². The minimum atomic E-state index is -0.332. The molecule has 2 aromatic rings. The minimum absolute atomic E-state index is 0.124. The van der Waals surface area contributed by atoms with E-state index in [-0.39, 0.29) is 17.4 Å². The summed E-state index contributed by atoms with van der Waals surface area (Å²) in [7, 11) is 0. The lowest BCUT2D eigenvalue weighted by Crippen LogP contribution is -2.15. The van der Waals surface area contributed by atoms with Crippen LogP contribution in [0.4, 0.5) is 5.82 Å². The molecule has 0 fully saturated rings. The third-order valence-electron chi connectivity index (χ3n) is 1.86. The zero-order chi connectivity index (χ0) is 10.8. The number of imidazole rings is 1. The third kappa shape index (κ3) is 1.69. The molecule has 2 rings (SSSR count). The molecule has 0 radical (unpaired) electrons. The molecule has 0 bridgehead atoms. The quantitative estimate of drug-likeness (QED) is 0.718. The fraction of sp³-hybridized carbons (Fsp3) is 0.111. The molecule has 0 aliphatic carbocycles. The Balaban J connectivity index is 2.46. The maximum absolute atomic E-state index is 11.8. The number of carbonyl (C=O) groups excluding carboxylic acids is 1. The fourth-order valence-corrected chi connectivity index (χ4v) is 1.15. The second-order valence-corrected chi connectivity index (χ2v) is 3.02. The van der Waals surface area contributed by atoms with Crippen LogP contribution in [0.2, 0.25) is 0 Å². The lowest BCUT2D eigenvalue weighted by molar-refractivity contribution is 0.0955. The number of nitrogen functional groups attached to an aromatic ring is 1. The third-order valence-corrected chi connectivity index (χ3v) is 1.86. The first-order chi connectivity index (χ1) is 7.18. The van der Waals surface area contributed by atoms with Crippen LogP contribution in [-0.4, -0.2) is 25.4 Å². The molecular formula is C9H9N5O. The number of aryl methyl sites for hydroxylation is 1. The number of hydrogen-bond acceptors (Lipinski definition) is 5. The zero-order valence-electron chi connectivity index (χ0n) is 8.08. The summed E-state index contributed by atoms with van der Waals surface area (Å²) in [6, 6.07) is 0. The van der Waals surface area contributed by atoms with E-state index in [9.17, 15) is 4.79 Å². The average molecular weight is 203 g/mol. The van der Waals surface area contributed by atoms with Gasteiger partial charge in [0.15, 0.2) is 11.5 Å². The lowest BCUT2D eigenvalue weighted by atomic mass is 10.3. The summed E-state index contributed by atoms with van der Waals surface area (Å²) < 4.78 is 1.31. The van der Waals surface area contributed by atoms with Gasteiger partial charge in [0.2, 0.25) is 0 Å². The molecule has 76 valence electrons. The molecule has 0 spiro atoms. The molecule has 0 saturated carbocycles. The Kier molecular flexibility index (Phi) is 2.17. The fourth-order valence-electron chi connectivity index (χ4n) is 1.15. The van der Waals surface area contributed by atoms with Gasteiger partial charge in [-0.25, -0.2) is 15.0 Å². The van der Waals surface area contributed by atoms with Gasteiger partial charge in [-0.1, -0.05) is 0 Å². The Hall–Kier alpha value is -2.24. The molecule has 0 saturated heterocycles. The van der Waals surface area contributed by atoms with Gasteiger partial charge in [0.1, 0.15) is 6.33 Å². The van der Waals surface area contributed by atoms with Crippen LogP contribution in [-0.2, 0) is 0 Å². The van der Waals surface area contributed by atoms with E-state index in [0.717, 1.165) is 0 Å². The highest BCUT2D eigenvalue weighted by atomic mass is 16.2. The Morgan fingerprint density at radius 2 is 2.33 bits per heavy atom. The smallest absolute Gasteiger partial charge is 0.285 e. The van der Waals surface area contributed by atoms with Crippen molar-refractivity contribution >= 4 is 11.7 Å². The summed E-state index contributed by atoms with van der Waals surface area (Å²) in [5.41, 5.74) is 6.36. The second-order valence-electron chi connectivity index (χ2n) is 3.02. The summed E-state index contributed by atoms with van der Waals surface area (Å²) in [4.78, 5) is 23.5. The first kappa shape index (κ1) is 9.32. The molecule has 15 heavy (non-hydrogen) atoms. The number of rotatable bonds is 1. The Morgan fingerprint density at radius 3 is 3.00 bits per heavy atom. The zero-order valence-corrected chi connectivity index (χ0v) is 8.08. The van der Waals surface area contributed by atoms with Gasteiger partial charge in [0, 0.05) is 12.4 Å². The van der Waals surface area contributed by atoms with E-state index in [1.807, 2.05) is 0 Å². The molecule has 2 aromatic heterocycles. The van der Waals surface area contributed by atoms with Crippen LogP contribution < -0.4 is 5.73 Å². The SMILES string of the molecule is Cc1cnc(N)c(C(=O)n2ccnc2)n1. The largest absolute Gasteiger partial charge is 0.382 e. The lowest BCUT2D eigenvalue weighted by Gasteiger charge is -2.03. The van der Waals surface area contributed by atoms with Gasteiger partial charge >= 0.3 is 0 Å². The van der Waals surface area contributed by atoms with Crippen LogP contribution in [0.25, 0.3) is 0 Å². The van der Waals surface area contributed by atoms with Crippen molar-refractivity contribution in [3.8, 4) is 0 Å². The van der Waals surface area contributed by atoms with E-state index >= 15 is 0 Å². The summed E-state index contributed by atoms with van der Waals surface area (Å²) in [5.74, 6) is -0.208. The Bertz CT molecular complexity index is 491. The molecule has 2 N–H and O–H groups in total. The van der Waals surface area contributed by atoms with Crippen molar-refractivity contribution in [2.45, 2.75) is 6.92 Å². The van der Waals surface area contributed by atoms with Gasteiger partial charge < -0.3 is 5.73 Å². The molecular weight excluding hydrogens is 194 g/mol. The Labute approximate surface area is 85.8 Å². The highest BCUT2D eigenvalue weighted by Crippen LogP contribution is 2.07. The van der Waals surface area contributed by atoms with Crippen LogP contribution in [0.15, 0.2) is 24.9 Å². The Morgan fingerprint density at radius 1 is 1.53 bits per heavy atom. The van der Waals surface area contributed by atoms with E-state index in [1.165, 1.54) is 29.5 Å². The maximum Gasteiger partial charge on any atom is 0.285 e. The second kappa shape index (κ2) is 3.49. The molecule has 2 heterocycles. The number of hydrogen-bond donors (Lipinski definition) is 1. The van der Waals surface area contributed by atoms with Gasteiger partial charge in [0.05, 0.1) is 11.9 Å². The highest BCUT2D eigenvalue weighted by Gasteiger charge is 2.14. The van der Waals surface area contributed by atoms with Gasteiger partial charge in [-0.05, 0) is 6.92 Å². The molecule has 0 amide bonds. The molecule has 0 aliphatic heterocycles. The number of nitrogens with zero attached hydrogens (tertiary/aromatic N) is 4. The van der Waals surface area contributed by atoms with Crippen LogP contribution in [0.3, 0.4) is 0 Å². The normalized spacial score (nSPS) is 10.2. The predicted octanol–water partition coefficient (Wildman–Crippen LogP) is 0.252. The number of aromatic nitrogens is 4. The summed E-state index contributed by atoms with van der Waals surface area (Å²) >= 11 is 0. The van der Waals surface area contributed by atoms with Gasteiger partial charge in [-0.3, -0.25) is 9.36 Å². The van der Waals surface area contributed by atoms with Crippen molar-refractivity contribution in [3.63, 3.8) is 0 Å². The summed E-state index contributed by atoms with van der Waals surface area (Å²) in [6.45, 7) is 1.75. The first-order valence-electron chi connectivity index (χ1n) is 4.30. The predicted molar refractivity (Wildman–Crippen MR) is 53.1 cm³/mol. The number of carbonyl (C=O) groups is 1. The van der Waals surface area contributed by atoms with Gasteiger partial charge in [0.25, 0.3) is 5.91 Å². The molecule has 0 atom stereocenters. The topological polar surface area (TPSA) is 86.7 Å². The van der Waals surface area contributed by atoms with Gasteiger partial charge in [-0.2, -0.15) is 0 Å². The van der Waals surface area contributed by atoms with Crippen LogP contribution >= 0.6 is 0 Å². The van der Waals surface area contributed by atoms with E-state index in [0.29, 0.717) is 5.69 Å². The molecule has 6 heteroatoms. The van der Waals surface area contributed by atoms with Crippen molar-refractivity contribution < 1.29 is 4.79 Å². The highest BCUT2D eigenvalue weighted by molar-refractivity contribution is 5.97. The number of anilines is 1. The average Bonchev–Trinajstić information content (AvgIpc) is 2.74.